The Hall–Kier alpha value is -0.288. The maximum absolute atomic E-state index is 5.96. The first kappa shape index (κ1) is 10.2. The predicted octanol–water partition coefficient (Wildman–Crippen LogP) is 2.31. The SMILES string of the molecule is Cc1cccc(C)[c]1[Al]1[CH2]CCC[O]1. The van der Waals surface area contributed by atoms with E-state index in [1.54, 1.807) is 4.43 Å². The van der Waals surface area contributed by atoms with Gasteiger partial charge in [0.2, 0.25) is 0 Å². The lowest BCUT2D eigenvalue weighted by molar-refractivity contribution is 0.294. The van der Waals surface area contributed by atoms with E-state index in [0.29, 0.717) is 0 Å². The summed E-state index contributed by atoms with van der Waals surface area (Å²) in [7, 11) is 0. The maximum atomic E-state index is 5.96. The van der Waals surface area contributed by atoms with E-state index in [2.05, 4.69) is 32.0 Å². The number of rotatable bonds is 1. The van der Waals surface area contributed by atoms with Gasteiger partial charge >= 0.3 is 14.5 Å². The van der Waals surface area contributed by atoms with E-state index in [9.17, 15) is 0 Å². The monoisotopic (exact) mass is 204 g/mol. The molecule has 1 aliphatic rings. The summed E-state index contributed by atoms with van der Waals surface area (Å²) in [5.74, 6) is 0. The number of aryl methyl sites for hydroxylation is 2. The van der Waals surface area contributed by atoms with Gasteiger partial charge in [0.1, 0.15) is 0 Å². The molecule has 1 nitrogen and oxygen atoms in total. The molecule has 0 amide bonds. The Morgan fingerprint density at radius 3 is 2.43 bits per heavy atom. The minimum Gasteiger partial charge on any atom is -0.497 e. The zero-order valence-electron chi connectivity index (χ0n) is 9.05. The summed E-state index contributed by atoms with van der Waals surface area (Å²) in [6, 6.07) is 6.58. The molecule has 2 rings (SSSR count). The lowest BCUT2D eigenvalue weighted by Gasteiger charge is -2.21. The van der Waals surface area contributed by atoms with Crippen LogP contribution >= 0.6 is 0 Å². The van der Waals surface area contributed by atoms with Gasteiger partial charge < -0.3 is 3.79 Å². The average molecular weight is 204 g/mol. The zero-order valence-corrected chi connectivity index (χ0v) is 10.2. The van der Waals surface area contributed by atoms with Gasteiger partial charge in [-0.15, -0.1) is 0 Å². The van der Waals surface area contributed by atoms with Crippen LogP contribution in [0.1, 0.15) is 24.0 Å². The molecular weight excluding hydrogens is 187 g/mol. The van der Waals surface area contributed by atoms with Crippen molar-refractivity contribution < 1.29 is 3.79 Å². The number of benzene rings is 1. The smallest absolute Gasteiger partial charge is 0.497 e. The summed E-state index contributed by atoms with van der Waals surface area (Å²) >= 11 is -1.06. The number of hydrogen-bond acceptors (Lipinski definition) is 1. The molecule has 0 aromatic heterocycles. The van der Waals surface area contributed by atoms with Crippen molar-refractivity contribution in [1.29, 1.82) is 0 Å². The Balaban J connectivity index is 2.29. The van der Waals surface area contributed by atoms with Gasteiger partial charge in [-0.2, -0.15) is 0 Å². The number of hydrogen-bond donors (Lipinski definition) is 0. The van der Waals surface area contributed by atoms with Crippen molar-refractivity contribution in [2.45, 2.75) is 32.0 Å². The Bertz CT molecular complexity index is 296. The van der Waals surface area contributed by atoms with Gasteiger partial charge in [-0.05, 0) is 20.3 Å². The molecule has 1 saturated heterocycles. The van der Waals surface area contributed by atoms with Crippen molar-refractivity contribution in [2.75, 3.05) is 6.61 Å². The second kappa shape index (κ2) is 4.49. The minimum absolute atomic E-state index is 0.991. The molecule has 2 heteroatoms. The zero-order chi connectivity index (χ0) is 9.97. The van der Waals surface area contributed by atoms with Gasteiger partial charge in [-0.1, -0.05) is 45.5 Å². The summed E-state index contributed by atoms with van der Waals surface area (Å²) in [6.45, 7) is 5.42. The van der Waals surface area contributed by atoms with E-state index in [1.807, 2.05) is 0 Å². The Morgan fingerprint density at radius 1 is 1.14 bits per heavy atom. The quantitative estimate of drug-likeness (QED) is 0.638. The van der Waals surface area contributed by atoms with Crippen molar-refractivity contribution >= 4 is 18.9 Å². The van der Waals surface area contributed by atoms with Crippen molar-refractivity contribution in [2.24, 2.45) is 0 Å². The third-order valence-corrected chi connectivity index (χ3v) is 6.17. The molecule has 74 valence electrons. The van der Waals surface area contributed by atoms with Crippen molar-refractivity contribution in [3.05, 3.63) is 29.3 Å². The molecule has 0 atom stereocenters. The van der Waals surface area contributed by atoms with E-state index < -0.39 is 14.5 Å². The minimum atomic E-state index is -1.06. The van der Waals surface area contributed by atoms with Gasteiger partial charge in [-0.3, -0.25) is 0 Å². The fraction of sp³-hybridized carbons (Fsp3) is 0.500. The molecule has 1 heterocycles. The van der Waals surface area contributed by atoms with Crippen LogP contribution in [0.3, 0.4) is 0 Å². The molecule has 0 unspecified atom stereocenters. The topological polar surface area (TPSA) is 9.23 Å². The first-order chi connectivity index (χ1) is 6.79. The highest BCUT2D eigenvalue weighted by atomic mass is 27.2. The van der Waals surface area contributed by atoms with Crippen molar-refractivity contribution in [3.8, 4) is 0 Å². The second-order valence-electron chi connectivity index (χ2n) is 4.16. The second-order valence-corrected chi connectivity index (χ2v) is 6.63. The Kier molecular flexibility index (Phi) is 3.28. The lowest BCUT2D eigenvalue weighted by Crippen LogP contribution is -2.39. The molecule has 14 heavy (non-hydrogen) atoms. The van der Waals surface area contributed by atoms with Crippen molar-refractivity contribution in [1.82, 2.24) is 0 Å². The molecule has 0 bridgehead atoms. The van der Waals surface area contributed by atoms with Gasteiger partial charge in [0, 0.05) is 6.61 Å². The Labute approximate surface area is 90.8 Å². The summed E-state index contributed by atoms with van der Waals surface area (Å²) in [5, 5.41) is 1.33. The van der Waals surface area contributed by atoms with E-state index >= 15 is 0 Å². The molecule has 0 spiro atoms. The molecule has 1 aliphatic heterocycles. The normalized spacial score (nSPS) is 17.1. The molecule has 0 N–H and O–H groups in total. The molecular formula is C12H17AlO. The van der Waals surface area contributed by atoms with Gasteiger partial charge in [0.15, 0.2) is 0 Å². The van der Waals surface area contributed by atoms with Gasteiger partial charge in [-0.25, -0.2) is 0 Å². The third-order valence-electron chi connectivity index (χ3n) is 3.04. The summed E-state index contributed by atoms with van der Waals surface area (Å²) in [4.78, 5) is 0. The third kappa shape index (κ3) is 2.03. The molecule has 1 aromatic rings. The van der Waals surface area contributed by atoms with Crippen LogP contribution in [0.15, 0.2) is 18.2 Å². The van der Waals surface area contributed by atoms with Crippen LogP contribution in [0.4, 0.5) is 0 Å². The van der Waals surface area contributed by atoms with Gasteiger partial charge in [0.05, 0.1) is 0 Å². The van der Waals surface area contributed by atoms with Crippen LogP contribution in [0.25, 0.3) is 0 Å². The van der Waals surface area contributed by atoms with E-state index in [4.69, 9.17) is 3.79 Å². The molecule has 1 aromatic carbocycles. The van der Waals surface area contributed by atoms with Crippen LogP contribution in [0.5, 0.6) is 0 Å². The molecule has 0 aliphatic carbocycles. The van der Waals surface area contributed by atoms with Crippen LogP contribution in [0, 0.1) is 13.8 Å². The highest BCUT2D eigenvalue weighted by molar-refractivity contribution is 6.68. The predicted molar refractivity (Wildman–Crippen MR) is 61.3 cm³/mol. The molecule has 0 radical (unpaired) electrons. The maximum Gasteiger partial charge on any atom is 0.502 e. The van der Waals surface area contributed by atoms with E-state index in [1.165, 1.54) is 29.3 Å². The summed E-state index contributed by atoms with van der Waals surface area (Å²) in [5.41, 5.74) is 2.87. The summed E-state index contributed by atoms with van der Waals surface area (Å²) < 4.78 is 7.53. The first-order valence-electron chi connectivity index (χ1n) is 5.47. The summed E-state index contributed by atoms with van der Waals surface area (Å²) in [6.07, 6.45) is 2.62. The molecule has 1 fully saturated rings. The van der Waals surface area contributed by atoms with E-state index in [0.717, 1.165) is 6.61 Å². The highest BCUT2D eigenvalue weighted by Gasteiger charge is 2.28. The van der Waals surface area contributed by atoms with Crippen molar-refractivity contribution in [3.63, 3.8) is 0 Å². The van der Waals surface area contributed by atoms with Crippen LogP contribution in [0.2, 0.25) is 5.28 Å². The van der Waals surface area contributed by atoms with Crippen LogP contribution in [-0.4, -0.2) is 21.1 Å². The molecule has 0 saturated carbocycles. The standard InChI is InChI=1S/C8H9.C4H8O.Al/c1-7-4-3-5-8(2)6-7;1-2-3-4-5;/h3-5H,1-2H3;1-4H2;/q;-1;+1. The fourth-order valence-corrected chi connectivity index (χ4v) is 5.24. The largest absolute Gasteiger partial charge is 0.502 e. The average Bonchev–Trinajstić information content (AvgIpc) is 2.19. The van der Waals surface area contributed by atoms with Gasteiger partial charge in [0.25, 0.3) is 0 Å². The van der Waals surface area contributed by atoms with E-state index in [-0.39, 0.29) is 0 Å². The lowest BCUT2D eigenvalue weighted by atomic mass is 10.2. The van der Waals surface area contributed by atoms with Crippen LogP contribution < -0.4 is 4.43 Å². The highest BCUT2D eigenvalue weighted by Crippen LogP contribution is 2.14. The van der Waals surface area contributed by atoms with Crippen LogP contribution in [-0.2, 0) is 3.79 Å². The fourth-order valence-electron chi connectivity index (χ4n) is 2.30. The first-order valence-corrected chi connectivity index (χ1v) is 7.33. The Morgan fingerprint density at radius 2 is 1.86 bits per heavy atom.